The van der Waals surface area contributed by atoms with Crippen LogP contribution in [0.4, 0.5) is 5.69 Å². The Morgan fingerprint density at radius 3 is 2.76 bits per heavy atom. The van der Waals surface area contributed by atoms with Crippen LogP contribution in [0, 0.1) is 21.4 Å². The van der Waals surface area contributed by atoms with Crippen molar-refractivity contribution in [3.8, 4) is 11.8 Å². The van der Waals surface area contributed by atoms with Crippen LogP contribution in [0.25, 0.3) is 0 Å². The molecule has 1 aromatic carbocycles. The highest BCUT2D eigenvalue weighted by molar-refractivity contribution is 5.85. The zero-order valence-corrected chi connectivity index (χ0v) is 9.94. The monoisotopic (exact) mass is 257 g/mol. The number of nitro groups is 1. The molecule has 92 valence electrons. The summed E-state index contributed by atoms with van der Waals surface area (Å²) >= 11 is 0. The first-order chi connectivity index (χ1) is 7.60. The van der Waals surface area contributed by atoms with E-state index in [1.165, 1.54) is 19.2 Å². The van der Waals surface area contributed by atoms with Crippen LogP contribution in [-0.4, -0.2) is 12.0 Å². The lowest BCUT2D eigenvalue weighted by Gasteiger charge is -2.09. The lowest BCUT2D eigenvalue weighted by Crippen LogP contribution is -2.09. The Labute approximate surface area is 105 Å². The van der Waals surface area contributed by atoms with Gasteiger partial charge in [-0.3, -0.25) is 10.1 Å². The number of benzene rings is 1. The van der Waals surface area contributed by atoms with E-state index >= 15 is 0 Å². The van der Waals surface area contributed by atoms with Crippen LogP contribution in [0.5, 0.6) is 5.75 Å². The fourth-order valence-electron chi connectivity index (χ4n) is 1.30. The van der Waals surface area contributed by atoms with Gasteiger partial charge < -0.3 is 10.5 Å². The van der Waals surface area contributed by atoms with Gasteiger partial charge in [-0.15, -0.1) is 12.4 Å². The summed E-state index contributed by atoms with van der Waals surface area (Å²) in [5.41, 5.74) is 6.09. The Hall–Kier alpha value is -1.84. The van der Waals surface area contributed by atoms with Crippen molar-refractivity contribution in [1.29, 1.82) is 5.26 Å². The molecule has 1 rings (SSSR count). The van der Waals surface area contributed by atoms with Crippen LogP contribution >= 0.6 is 12.4 Å². The molecule has 0 bridgehead atoms. The summed E-state index contributed by atoms with van der Waals surface area (Å²) in [6.07, 6.45) is 0.115. The van der Waals surface area contributed by atoms with E-state index in [9.17, 15) is 10.1 Å². The summed E-state index contributed by atoms with van der Waals surface area (Å²) in [5, 5.41) is 19.2. The maximum absolute atomic E-state index is 10.7. The molecule has 0 saturated carbocycles. The second-order valence-electron chi connectivity index (χ2n) is 3.16. The molecule has 0 fully saturated rings. The van der Waals surface area contributed by atoms with Crippen molar-refractivity contribution < 1.29 is 9.66 Å². The van der Waals surface area contributed by atoms with Crippen molar-refractivity contribution in [2.75, 3.05) is 7.11 Å². The molecule has 0 heterocycles. The van der Waals surface area contributed by atoms with E-state index in [2.05, 4.69) is 0 Å². The third-order valence-corrected chi connectivity index (χ3v) is 2.14. The van der Waals surface area contributed by atoms with Gasteiger partial charge in [0.05, 0.1) is 24.5 Å². The highest BCUT2D eigenvalue weighted by Crippen LogP contribution is 2.29. The van der Waals surface area contributed by atoms with Crippen molar-refractivity contribution in [1.82, 2.24) is 0 Å². The van der Waals surface area contributed by atoms with Gasteiger partial charge in [-0.2, -0.15) is 5.26 Å². The van der Waals surface area contributed by atoms with Crippen molar-refractivity contribution in [3.63, 3.8) is 0 Å². The van der Waals surface area contributed by atoms with Crippen LogP contribution in [0.3, 0.4) is 0 Å². The minimum absolute atomic E-state index is 0. The fraction of sp³-hybridized carbons (Fsp3) is 0.300. The number of nitrogens with two attached hydrogens (primary N) is 1. The molecule has 0 aliphatic heterocycles. The van der Waals surface area contributed by atoms with Gasteiger partial charge in [0, 0.05) is 12.1 Å². The Morgan fingerprint density at radius 1 is 1.65 bits per heavy atom. The van der Waals surface area contributed by atoms with E-state index in [0.29, 0.717) is 5.56 Å². The summed E-state index contributed by atoms with van der Waals surface area (Å²) in [6.45, 7) is 0. The molecule has 17 heavy (non-hydrogen) atoms. The van der Waals surface area contributed by atoms with Crippen LogP contribution in [0.2, 0.25) is 0 Å². The zero-order valence-electron chi connectivity index (χ0n) is 9.12. The van der Waals surface area contributed by atoms with Crippen molar-refractivity contribution in [2.24, 2.45) is 5.73 Å². The number of rotatable bonds is 4. The lowest BCUT2D eigenvalue weighted by atomic mass is 10.0. The van der Waals surface area contributed by atoms with E-state index in [1.54, 1.807) is 6.07 Å². The van der Waals surface area contributed by atoms with E-state index in [4.69, 9.17) is 15.7 Å². The van der Waals surface area contributed by atoms with Crippen LogP contribution in [0.1, 0.15) is 18.0 Å². The Kier molecular flexibility index (Phi) is 5.96. The van der Waals surface area contributed by atoms with Gasteiger partial charge in [-0.1, -0.05) is 6.07 Å². The summed E-state index contributed by atoms with van der Waals surface area (Å²) < 4.78 is 4.85. The summed E-state index contributed by atoms with van der Waals surface area (Å²) in [6, 6.07) is 5.83. The molecule has 0 aliphatic carbocycles. The van der Waals surface area contributed by atoms with Gasteiger partial charge in [0.15, 0.2) is 5.75 Å². The van der Waals surface area contributed by atoms with Crippen molar-refractivity contribution in [2.45, 2.75) is 12.5 Å². The standard InChI is InChI=1S/C10H11N3O3.ClH/c1-16-10-3-2-7(8(12)4-5-11)6-9(10)13(14)15;/h2-3,6,8H,4,12H2,1H3;1H/t8-;/m0./s1. The zero-order chi connectivity index (χ0) is 12.1. The van der Waals surface area contributed by atoms with E-state index < -0.39 is 11.0 Å². The predicted molar refractivity (Wildman–Crippen MR) is 64.1 cm³/mol. The van der Waals surface area contributed by atoms with E-state index in [0.717, 1.165) is 0 Å². The number of hydrogen-bond donors (Lipinski definition) is 1. The highest BCUT2D eigenvalue weighted by atomic mass is 35.5. The van der Waals surface area contributed by atoms with Crippen LogP contribution < -0.4 is 10.5 Å². The number of hydrogen-bond acceptors (Lipinski definition) is 5. The number of methoxy groups -OCH3 is 1. The molecular formula is C10H12ClN3O3. The first-order valence-corrected chi connectivity index (χ1v) is 4.55. The summed E-state index contributed by atoms with van der Waals surface area (Å²) in [7, 11) is 1.36. The molecule has 7 heteroatoms. The van der Waals surface area contributed by atoms with Crippen molar-refractivity contribution >= 4 is 18.1 Å². The van der Waals surface area contributed by atoms with E-state index in [-0.39, 0.29) is 30.3 Å². The number of nitro benzene ring substituents is 1. The third-order valence-electron chi connectivity index (χ3n) is 2.14. The number of ether oxygens (including phenoxy) is 1. The van der Waals surface area contributed by atoms with Gasteiger partial charge in [0.25, 0.3) is 0 Å². The Morgan fingerprint density at radius 2 is 2.29 bits per heavy atom. The highest BCUT2D eigenvalue weighted by Gasteiger charge is 2.17. The molecule has 0 aliphatic rings. The normalized spacial score (nSPS) is 10.9. The second-order valence-corrected chi connectivity index (χ2v) is 3.16. The Bertz CT molecular complexity index is 445. The van der Waals surface area contributed by atoms with Gasteiger partial charge in [0.1, 0.15) is 0 Å². The summed E-state index contributed by atoms with van der Waals surface area (Å²) in [5.74, 6) is 0.179. The Balaban J connectivity index is 0.00000256. The molecule has 0 spiro atoms. The fourth-order valence-corrected chi connectivity index (χ4v) is 1.30. The first kappa shape index (κ1) is 15.2. The predicted octanol–water partition coefficient (Wildman–Crippen LogP) is 1.94. The quantitative estimate of drug-likeness (QED) is 0.656. The molecule has 0 radical (unpaired) electrons. The van der Waals surface area contributed by atoms with Gasteiger partial charge in [-0.25, -0.2) is 0 Å². The smallest absolute Gasteiger partial charge is 0.311 e. The number of halogens is 1. The largest absolute Gasteiger partial charge is 0.490 e. The number of nitrogens with zero attached hydrogens (tertiary/aromatic N) is 2. The molecule has 0 unspecified atom stereocenters. The van der Waals surface area contributed by atoms with E-state index in [1.807, 2.05) is 6.07 Å². The van der Waals surface area contributed by atoms with Crippen molar-refractivity contribution in [3.05, 3.63) is 33.9 Å². The molecule has 1 aromatic rings. The average Bonchev–Trinajstić information content (AvgIpc) is 2.28. The molecule has 1 atom stereocenters. The lowest BCUT2D eigenvalue weighted by molar-refractivity contribution is -0.385. The third kappa shape index (κ3) is 3.59. The van der Waals surface area contributed by atoms with Gasteiger partial charge in [0.2, 0.25) is 0 Å². The second kappa shape index (κ2) is 6.68. The van der Waals surface area contributed by atoms with Crippen LogP contribution in [0.15, 0.2) is 18.2 Å². The molecule has 6 nitrogen and oxygen atoms in total. The minimum Gasteiger partial charge on any atom is -0.490 e. The summed E-state index contributed by atoms with van der Waals surface area (Å²) in [4.78, 5) is 10.2. The average molecular weight is 258 g/mol. The number of nitriles is 1. The van der Waals surface area contributed by atoms with Gasteiger partial charge in [-0.05, 0) is 11.6 Å². The molecule has 2 N–H and O–H groups in total. The SMILES string of the molecule is COc1ccc([C@@H](N)CC#N)cc1[N+](=O)[O-].Cl. The maximum Gasteiger partial charge on any atom is 0.311 e. The molecule has 0 saturated heterocycles. The maximum atomic E-state index is 10.7. The first-order valence-electron chi connectivity index (χ1n) is 4.55. The van der Waals surface area contributed by atoms with Crippen LogP contribution in [-0.2, 0) is 0 Å². The molecular weight excluding hydrogens is 246 g/mol. The molecule has 0 aromatic heterocycles. The topological polar surface area (TPSA) is 102 Å². The minimum atomic E-state index is -0.540. The van der Waals surface area contributed by atoms with Gasteiger partial charge >= 0.3 is 5.69 Å². The molecule has 0 amide bonds.